The van der Waals surface area contributed by atoms with E-state index in [1.165, 1.54) is 0 Å². The Morgan fingerprint density at radius 2 is 1.89 bits per heavy atom. The third kappa shape index (κ3) is 5.75. The van der Waals surface area contributed by atoms with Crippen molar-refractivity contribution in [1.82, 2.24) is 4.90 Å². The minimum absolute atomic E-state index is 0.163. The number of nitrogens with two attached hydrogens (primary N) is 1. The Labute approximate surface area is 112 Å². The zero-order valence-electron chi connectivity index (χ0n) is 10.4. The van der Waals surface area contributed by atoms with Crippen molar-refractivity contribution in [2.75, 3.05) is 13.6 Å². The van der Waals surface area contributed by atoms with Crippen LogP contribution in [0.4, 0.5) is 0 Å². The topological polar surface area (TPSA) is 66.6 Å². The molecule has 0 saturated carbocycles. The quantitative estimate of drug-likeness (QED) is 0.731. The second-order valence-corrected chi connectivity index (χ2v) is 4.87. The van der Waals surface area contributed by atoms with Gasteiger partial charge in [0.15, 0.2) is 0 Å². The molecule has 1 aromatic carbocycles. The first-order valence-corrected chi connectivity index (χ1v) is 6.14. The third-order valence-corrected chi connectivity index (χ3v) is 2.71. The van der Waals surface area contributed by atoms with E-state index in [-0.39, 0.29) is 6.42 Å². The SMILES string of the molecule is CN(CCC(=O)O)Cc1ccc(CC(N)=S)cc1. The molecule has 0 bridgehead atoms. The van der Waals surface area contributed by atoms with E-state index >= 15 is 0 Å². The molecule has 18 heavy (non-hydrogen) atoms. The molecule has 0 aliphatic rings. The minimum atomic E-state index is -0.770. The molecule has 0 amide bonds. The Morgan fingerprint density at radius 1 is 1.33 bits per heavy atom. The van der Waals surface area contributed by atoms with Crippen molar-refractivity contribution in [2.24, 2.45) is 5.73 Å². The molecule has 5 heteroatoms. The second-order valence-electron chi connectivity index (χ2n) is 4.34. The van der Waals surface area contributed by atoms with Gasteiger partial charge in [0.05, 0.1) is 11.4 Å². The van der Waals surface area contributed by atoms with Gasteiger partial charge in [0, 0.05) is 19.5 Å². The molecule has 4 nitrogen and oxygen atoms in total. The van der Waals surface area contributed by atoms with E-state index in [4.69, 9.17) is 23.1 Å². The average molecular weight is 266 g/mol. The molecule has 0 aliphatic carbocycles. The number of hydrogen-bond donors (Lipinski definition) is 2. The summed E-state index contributed by atoms with van der Waals surface area (Å²) < 4.78 is 0. The molecule has 0 aliphatic heterocycles. The van der Waals surface area contributed by atoms with Crippen molar-refractivity contribution in [3.05, 3.63) is 35.4 Å². The summed E-state index contributed by atoms with van der Waals surface area (Å²) in [4.78, 5) is 12.9. The second kappa shape index (κ2) is 7.08. The first-order valence-electron chi connectivity index (χ1n) is 5.74. The maximum atomic E-state index is 10.5. The lowest BCUT2D eigenvalue weighted by Crippen LogP contribution is -2.21. The lowest BCUT2D eigenvalue weighted by atomic mass is 10.1. The summed E-state index contributed by atoms with van der Waals surface area (Å²) in [6.45, 7) is 1.28. The van der Waals surface area contributed by atoms with E-state index in [0.29, 0.717) is 18.0 Å². The van der Waals surface area contributed by atoms with Gasteiger partial charge in [-0.2, -0.15) is 0 Å². The van der Waals surface area contributed by atoms with Crippen molar-refractivity contribution in [2.45, 2.75) is 19.4 Å². The van der Waals surface area contributed by atoms with Gasteiger partial charge in [0.25, 0.3) is 0 Å². The number of thiocarbonyl (C=S) groups is 1. The molecular formula is C13H18N2O2S. The van der Waals surface area contributed by atoms with Gasteiger partial charge in [0.2, 0.25) is 0 Å². The molecule has 98 valence electrons. The number of aliphatic carboxylic acids is 1. The number of benzene rings is 1. The predicted octanol–water partition coefficient (Wildman–Crippen LogP) is 1.42. The number of carboxylic acids is 1. The molecule has 0 unspecified atom stereocenters. The van der Waals surface area contributed by atoms with Gasteiger partial charge in [-0.15, -0.1) is 0 Å². The summed E-state index contributed by atoms with van der Waals surface area (Å²) in [7, 11) is 1.91. The fraction of sp³-hybridized carbons (Fsp3) is 0.385. The summed E-state index contributed by atoms with van der Waals surface area (Å²) >= 11 is 4.85. The maximum absolute atomic E-state index is 10.5. The molecule has 3 N–H and O–H groups in total. The first-order chi connectivity index (χ1) is 8.47. The molecule has 0 saturated heterocycles. The number of nitrogens with zero attached hydrogens (tertiary/aromatic N) is 1. The highest BCUT2D eigenvalue weighted by Gasteiger charge is 2.04. The van der Waals surface area contributed by atoms with E-state index in [0.717, 1.165) is 17.7 Å². The minimum Gasteiger partial charge on any atom is -0.481 e. The van der Waals surface area contributed by atoms with Gasteiger partial charge >= 0.3 is 5.97 Å². The van der Waals surface area contributed by atoms with Gasteiger partial charge in [-0.3, -0.25) is 4.79 Å². The standard InChI is InChI=1S/C13H18N2O2S/c1-15(7-6-13(16)17)9-11-4-2-10(3-5-11)8-12(14)18/h2-5H,6-9H2,1H3,(H2,14,18)(H,16,17). The van der Waals surface area contributed by atoms with E-state index in [1.54, 1.807) is 0 Å². The van der Waals surface area contributed by atoms with E-state index < -0.39 is 5.97 Å². The largest absolute Gasteiger partial charge is 0.481 e. The van der Waals surface area contributed by atoms with Crippen molar-refractivity contribution < 1.29 is 9.90 Å². The zero-order chi connectivity index (χ0) is 13.5. The Bertz CT molecular complexity index is 418. The summed E-state index contributed by atoms with van der Waals surface area (Å²) in [5.41, 5.74) is 7.72. The van der Waals surface area contributed by atoms with Crippen LogP contribution in [0.1, 0.15) is 17.5 Å². The van der Waals surface area contributed by atoms with Gasteiger partial charge in [-0.25, -0.2) is 0 Å². The normalized spacial score (nSPS) is 10.6. The summed E-state index contributed by atoms with van der Waals surface area (Å²) in [5.74, 6) is -0.770. The molecular weight excluding hydrogens is 248 g/mol. The summed E-state index contributed by atoms with van der Waals surface area (Å²) in [6, 6.07) is 8.04. The molecule has 0 atom stereocenters. The van der Waals surface area contributed by atoms with Crippen molar-refractivity contribution >= 4 is 23.2 Å². The fourth-order valence-corrected chi connectivity index (χ4v) is 1.81. The van der Waals surface area contributed by atoms with Crippen LogP contribution in [0.5, 0.6) is 0 Å². The highest BCUT2D eigenvalue weighted by molar-refractivity contribution is 7.80. The van der Waals surface area contributed by atoms with Crippen LogP contribution < -0.4 is 5.73 Å². The number of rotatable bonds is 7. The van der Waals surface area contributed by atoms with E-state index in [9.17, 15) is 4.79 Å². The lowest BCUT2D eigenvalue weighted by Gasteiger charge is -2.15. The lowest BCUT2D eigenvalue weighted by molar-refractivity contribution is -0.137. The van der Waals surface area contributed by atoms with E-state index in [1.807, 2.05) is 36.2 Å². The van der Waals surface area contributed by atoms with Crippen LogP contribution in [0.25, 0.3) is 0 Å². The fourth-order valence-electron chi connectivity index (χ4n) is 1.64. The maximum Gasteiger partial charge on any atom is 0.304 e. The Hall–Kier alpha value is -1.46. The number of hydrogen-bond acceptors (Lipinski definition) is 3. The molecule has 1 aromatic rings. The van der Waals surface area contributed by atoms with Crippen LogP contribution in [0.15, 0.2) is 24.3 Å². The van der Waals surface area contributed by atoms with Crippen molar-refractivity contribution in [3.8, 4) is 0 Å². The summed E-state index contributed by atoms with van der Waals surface area (Å²) in [5, 5.41) is 8.60. The van der Waals surface area contributed by atoms with Gasteiger partial charge in [-0.1, -0.05) is 36.5 Å². The Balaban J connectivity index is 2.47. The Kier molecular flexibility index (Phi) is 5.74. The highest BCUT2D eigenvalue weighted by atomic mass is 32.1. The van der Waals surface area contributed by atoms with Crippen molar-refractivity contribution in [1.29, 1.82) is 0 Å². The first kappa shape index (κ1) is 14.6. The molecule has 1 rings (SSSR count). The van der Waals surface area contributed by atoms with Crippen LogP contribution in [0.2, 0.25) is 0 Å². The average Bonchev–Trinajstić information content (AvgIpc) is 2.28. The molecule has 0 aromatic heterocycles. The third-order valence-electron chi connectivity index (χ3n) is 2.56. The molecule has 0 fully saturated rings. The molecule has 0 spiro atoms. The number of carbonyl (C=O) groups is 1. The highest BCUT2D eigenvalue weighted by Crippen LogP contribution is 2.07. The van der Waals surface area contributed by atoms with Crippen molar-refractivity contribution in [3.63, 3.8) is 0 Å². The van der Waals surface area contributed by atoms with Gasteiger partial charge in [-0.05, 0) is 18.2 Å². The van der Waals surface area contributed by atoms with E-state index in [2.05, 4.69) is 0 Å². The monoisotopic (exact) mass is 266 g/mol. The van der Waals surface area contributed by atoms with Gasteiger partial charge < -0.3 is 15.7 Å². The molecule has 0 radical (unpaired) electrons. The zero-order valence-corrected chi connectivity index (χ0v) is 11.2. The van der Waals surface area contributed by atoms with Crippen LogP contribution in [0, 0.1) is 0 Å². The summed E-state index contributed by atoms with van der Waals surface area (Å²) in [6.07, 6.45) is 0.778. The Morgan fingerprint density at radius 3 is 2.39 bits per heavy atom. The predicted molar refractivity (Wildman–Crippen MR) is 75.5 cm³/mol. The van der Waals surface area contributed by atoms with Crippen LogP contribution in [-0.4, -0.2) is 34.6 Å². The molecule has 0 heterocycles. The van der Waals surface area contributed by atoms with Gasteiger partial charge in [0.1, 0.15) is 0 Å². The van der Waals surface area contributed by atoms with Crippen LogP contribution in [-0.2, 0) is 17.8 Å². The van der Waals surface area contributed by atoms with Crippen LogP contribution >= 0.6 is 12.2 Å². The smallest absolute Gasteiger partial charge is 0.304 e. The van der Waals surface area contributed by atoms with Crippen LogP contribution in [0.3, 0.4) is 0 Å². The number of carboxylic acid groups (broad SMARTS) is 1.